The lowest BCUT2D eigenvalue weighted by Crippen LogP contribution is -2.28. The summed E-state index contributed by atoms with van der Waals surface area (Å²) in [6.07, 6.45) is 3.50. The average Bonchev–Trinajstić information content (AvgIpc) is 3.16. The Morgan fingerprint density at radius 3 is 2.44 bits per heavy atom. The van der Waals surface area contributed by atoms with Crippen LogP contribution in [-0.2, 0) is 4.79 Å². The molecule has 0 radical (unpaired) electrons. The van der Waals surface area contributed by atoms with E-state index in [4.69, 9.17) is 9.47 Å². The van der Waals surface area contributed by atoms with Gasteiger partial charge in [-0.25, -0.2) is 0 Å². The molecule has 1 unspecified atom stereocenters. The number of methoxy groups -OCH3 is 2. The van der Waals surface area contributed by atoms with Crippen molar-refractivity contribution in [2.75, 3.05) is 26.5 Å². The smallest absolute Gasteiger partial charge is 0.247 e. The molecule has 2 aromatic carbocycles. The van der Waals surface area contributed by atoms with Crippen LogP contribution in [-0.4, -0.2) is 37.3 Å². The van der Waals surface area contributed by atoms with E-state index in [-0.39, 0.29) is 11.3 Å². The molecule has 0 bridgehead atoms. The van der Waals surface area contributed by atoms with Crippen molar-refractivity contribution in [3.63, 3.8) is 0 Å². The standard InChI is InChI=1S/C20H21NO3S/c1-23-17-12-16(13-18(14-17)24-2)20-21(10-11-25-20)19(22)9-8-15-6-4-3-5-7-15/h3-9,12-14,20H,10-11H2,1-2H3. The zero-order valence-electron chi connectivity index (χ0n) is 14.3. The van der Waals surface area contributed by atoms with E-state index in [1.54, 1.807) is 32.1 Å². The summed E-state index contributed by atoms with van der Waals surface area (Å²) in [5, 5.41) is -0.0306. The lowest BCUT2D eigenvalue weighted by atomic mass is 10.1. The van der Waals surface area contributed by atoms with Crippen molar-refractivity contribution in [1.29, 1.82) is 0 Å². The molecular weight excluding hydrogens is 334 g/mol. The van der Waals surface area contributed by atoms with Crippen molar-refractivity contribution in [2.24, 2.45) is 0 Å². The van der Waals surface area contributed by atoms with Gasteiger partial charge in [-0.15, -0.1) is 11.8 Å². The Labute approximate surface area is 152 Å². The molecule has 1 amide bonds. The van der Waals surface area contributed by atoms with Crippen molar-refractivity contribution in [3.05, 3.63) is 65.7 Å². The number of rotatable bonds is 5. The van der Waals surface area contributed by atoms with Crippen LogP contribution in [0.5, 0.6) is 11.5 Å². The Morgan fingerprint density at radius 1 is 1.12 bits per heavy atom. The second-order valence-electron chi connectivity index (χ2n) is 5.64. The van der Waals surface area contributed by atoms with Crippen LogP contribution in [0.25, 0.3) is 6.08 Å². The molecule has 0 spiro atoms. The quantitative estimate of drug-likeness (QED) is 0.760. The molecule has 1 fully saturated rings. The van der Waals surface area contributed by atoms with Crippen molar-refractivity contribution >= 4 is 23.7 Å². The predicted octanol–water partition coefficient (Wildman–Crippen LogP) is 3.99. The molecule has 1 aliphatic rings. The number of nitrogens with zero attached hydrogens (tertiary/aromatic N) is 1. The van der Waals surface area contributed by atoms with Crippen LogP contribution < -0.4 is 9.47 Å². The van der Waals surface area contributed by atoms with Gasteiger partial charge < -0.3 is 14.4 Å². The van der Waals surface area contributed by atoms with Gasteiger partial charge in [-0.05, 0) is 29.3 Å². The zero-order chi connectivity index (χ0) is 17.6. The highest BCUT2D eigenvalue weighted by Crippen LogP contribution is 2.40. The maximum Gasteiger partial charge on any atom is 0.247 e. The van der Waals surface area contributed by atoms with Gasteiger partial charge in [0.1, 0.15) is 16.9 Å². The molecule has 0 N–H and O–H groups in total. The van der Waals surface area contributed by atoms with Gasteiger partial charge in [0.25, 0.3) is 0 Å². The Balaban J connectivity index is 1.80. The third-order valence-corrected chi connectivity index (χ3v) is 5.31. The lowest BCUT2D eigenvalue weighted by molar-refractivity contribution is -0.126. The van der Waals surface area contributed by atoms with Gasteiger partial charge in [0, 0.05) is 24.4 Å². The second-order valence-corrected chi connectivity index (χ2v) is 6.83. The van der Waals surface area contributed by atoms with Gasteiger partial charge in [0.05, 0.1) is 14.2 Å². The molecule has 1 heterocycles. The first-order valence-corrected chi connectivity index (χ1v) is 9.14. The minimum absolute atomic E-state index is 0.0145. The molecule has 4 nitrogen and oxygen atoms in total. The third kappa shape index (κ3) is 4.17. The number of benzene rings is 2. The molecule has 1 aliphatic heterocycles. The van der Waals surface area contributed by atoms with E-state index in [9.17, 15) is 4.79 Å². The van der Waals surface area contributed by atoms with E-state index in [2.05, 4.69) is 0 Å². The van der Waals surface area contributed by atoms with Gasteiger partial charge in [-0.1, -0.05) is 30.3 Å². The number of carbonyl (C=O) groups excluding carboxylic acids is 1. The predicted molar refractivity (Wildman–Crippen MR) is 102 cm³/mol. The Kier molecular flexibility index (Phi) is 5.66. The van der Waals surface area contributed by atoms with Crippen molar-refractivity contribution in [3.8, 4) is 11.5 Å². The summed E-state index contributed by atoms with van der Waals surface area (Å²) in [4.78, 5) is 14.6. The van der Waals surface area contributed by atoms with Gasteiger partial charge >= 0.3 is 0 Å². The maximum absolute atomic E-state index is 12.7. The molecule has 1 saturated heterocycles. The number of carbonyl (C=O) groups is 1. The SMILES string of the molecule is COc1cc(OC)cc(C2SCCN2C(=O)C=Cc2ccccc2)c1. The Morgan fingerprint density at radius 2 is 1.80 bits per heavy atom. The summed E-state index contributed by atoms with van der Waals surface area (Å²) < 4.78 is 10.7. The Hall–Kier alpha value is -2.40. The highest BCUT2D eigenvalue weighted by Gasteiger charge is 2.30. The summed E-state index contributed by atoms with van der Waals surface area (Å²) in [6, 6.07) is 15.6. The summed E-state index contributed by atoms with van der Waals surface area (Å²) in [5.41, 5.74) is 2.03. The summed E-state index contributed by atoms with van der Waals surface area (Å²) in [5.74, 6) is 2.39. The van der Waals surface area contributed by atoms with E-state index >= 15 is 0 Å². The van der Waals surface area contributed by atoms with Crippen molar-refractivity contribution in [1.82, 2.24) is 4.90 Å². The molecule has 0 aromatic heterocycles. The fraction of sp³-hybridized carbons (Fsp3) is 0.250. The van der Waals surface area contributed by atoms with Crippen LogP contribution in [0.2, 0.25) is 0 Å². The zero-order valence-corrected chi connectivity index (χ0v) is 15.2. The van der Waals surface area contributed by atoms with Gasteiger partial charge in [0.2, 0.25) is 5.91 Å². The highest BCUT2D eigenvalue weighted by molar-refractivity contribution is 7.99. The minimum atomic E-state index is -0.0306. The normalized spacial score (nSPS) is 17.0. The first-order valence-electron chi connectivity index (χ1n) is 8.09. The van der Waals surface area contributed by atoms with Gasteiger partial charge in [0.15, 0.2) is 0 Å². The van der Waals surface area contributed by atoms with E-state index in [0.29, 0.717) is 0 Å². The summed E-state index contributed by atoms with van der Waals surface area (Å²) >= 11 is 1.75. The molecule has 0 saturated carbocycles. The average molecular weight is 355 g/mol. The van der Waals surface area contributed by atoms with Crippen molar-refractivity contribution in [2.45, 2.75) is 5.37 Å². The lowest BCUT2D eigenvalue weighted by Gasteiger charge is -2.23. The number of hydrogen-bond donors (Lipinski definition) is 0. The van der Waals surface area contributed by atoms with Crippen molar-refractivity contribution < 1.29 is 14.3 Å². The van der Waals surface area contributed by atoms with Crippen LogP contribution in [0, 0.1) is 0 Å². The fourth-order valence-corrected chi connectivity index (χ4v) is 4.01. The molecule has 25 heavy (non-hydrogen) atoms. The van der Waals surface area contributed by atoms with Crippen LogP contribution in [0.1, 0.15) is 16.5 Å². The number of thioether (sulfide) groups is 1. The van der Waals surface area contributed by atoms with E-state index in [1.165, 1.54) is 0 Å². The molecular formula is C20H21NO3S. The van der Waals surface area contributed by atoms with Crippen LogP contribution in [0.4, 0.5) is 0 Å². The minimum Gasteiger partial charge on any atom is -0.497 e. The number of ether oxygens (including phenoxy) is 2. The molecule has 0 aliphatic carbocycles. The van der Waals surface area contributed by atoms with Crippen LogP contribution >= 0.6 is 11.8 Å². The topological polar surface area (TPSA) is 38.8 Å². The summed E-state index contributed by atoms with van der Waals surface area (Å²) in [7, 11) is 3.26. The first kappa shape index (κ1) is 17.4. The molecule has 130 valence electrons. The van der Waals surface area contributed by atoms with E-state index < -0.39 is 0 Å². The number of amides is 1. The Bertz CT molecular complexity index is 739. The molecule has 2 aromatic rings. The largest absolute Gasteiger partial charge is 0.497 e. The van der Waals surface area contributed by atoms with E-state index in [1.807, 2.05) is 59.5 Å². The van der Waals surface area contributed by atoms with Crippen LogP contribution in [0.3, 0.4) is 0 Å². The molecule has 1 atom stereocenters. The fourth-order valence-electron chi connectivity index (χ4n) is 2.77. The first-order chi connectivity index (χ1) is 12.2. The maximum atomic E-state index is 12.7. The van der Waals surface area contributed by atoms with E-state index in [0.717, 1.165) is 34.9 Å². The van der Waals surface area contributed by atoms with Gasteiger partial charge in [-0.2, -0.15) is 0 Å². The highest BCUT2D eigenvalue weighted by atomic mass is 32.2. The molecule has 3 rings (SSSR count). The second kappa shape index (κ2) is 8.12. The van der Waals surface area contributed by atoms with Crippen LogP contribution in [0.15, 0.2) is 54.6 Å². The summed E-state index contributed by atoms with van der Waals surface area (Å²) in [6.45, 7) is 0.729. The van der Waals surface area contributed by atoms with Gasteiger partial charge in [-0.3, -0.25) is 4.79 Å². The number of hydrogen-bond acceptors (Lipinski definition) is 4. The third-order valence-electron chi connectivity index (χ3n) is 4.05. The molecule has 5 heteroatoms. The monoisotopic (exact) mass is 355 g/mol.